The van der Waals surface area contributed by atoms with E-state index in [1.54, 1.807) is 18.6 Å². The molecule has 1 N–H and O–H groups in total. The molecule has 23 heavy (non-hydrogen) atoms. The van der Waals surface area contributed by atoms with Crippen molar-refractivity contribution in [2.75, 3.05) is 0 Å². The van der Waals surface area contributed by atoms with Crippen LogP contribution in [-0.2, 0) is 18.6 Å². The maximum atomic E-state index is 12.2. The Morgan fingerprint density at radius 2 is 1.74 bits per heavy atom. The van der Waals surface area contributed by atoms with E-state index in [1.165, 1.54) is 22.9 Å². The van der Waals surface area contributed by atoms with Gasteiger partial charge in [-0.25, -0.2) is 4.98 Å². The van der Waals surface area contributed by atoms with E-state index in [2.05, 4.69) is 27.1 Å². The maximum absolute atomic E-state index is 12.2. The van der Waals surface area contributed by atoms with Gasteiger partial charge in [-0.2, -0.15) is 0 Å². The molecule has 3 aromatic rings. The van der Waals surface area contributed by atoms with Gasteiger partial charge in [0.1, 0.15) is 0 Å². The number of benzene rings is 1. The summed E-state index contributed by atoms with van der Waals surface area (Å²) in [6.07, 6.45) is 6.70. The van der Waals surface area contributed by atoms with E-state index in [9.17, 15) is 4.79 Å². The minimum absolute atomic E-state index is 0.0513. The minimum Gasteiger partial charge on any atom is -0.301 e. The lowest BCUT2D eigenvalue weighted by atomic mass is 10.1. The highest BCUT2D eigenvalue weighted by Gasteiger charge is 2.04. The van der Waals surface area contributed by atoms with Crippen LogP contribution in [0.1, 0.15) is 16.7 Å². The van der Waals surface area contributed by atoms with E-state index in [-0.39, 0.29) is 5.56 Å². The molecule has 0 fully saturated rings. The number of pyridine rings is 1. The third-order valence-corrected chi connectivity index (χ3v) is 4.46. The van der Waals surface area contributed by atoms with Crippen LogP contribution in [0.5, 0.6) is 0 Å². The Morgan fingerprint density at radius 1 is 0.957 bits per heavy atom. The van der Waals surface area contributed by atoms with Crippen LogP contribution in [0, 0.1) is 0 Å². The van der Waals surface area contributed by atoms with E-state index < -0.39 is 0 Å². The number of thioether (sulfide) groups is 1. The summed E-state index contributed by atoms with van der Waals surface area (Å²) < 4.78 is 0. The first-order valence-electron chi connectivity index (χ1n) is 7.45. The zero-order valence-corrected chi connectivity index (χ0v) is 13.4. The van der Waals surface area contributed by atoms with Crippen molar-refractivity contribution in [1.29, 1.82) is 0 Å². The summed E-state index contributed by atoms with van der Waals surface area (Å²) in [6, 6.07) is 14.1. The summed E-state index contributed by atoms with van der Waals surface area (Å²) in [7, 11) is 0. The van der Waals surface area contributed by atoms with Gasteiger partial charge in [-0.05, 0) is 36.1 Å². The van der Waals surface area contributed by atoms with Gasteiger partial charge in [-0.15, -0.1) is 0 Å². The van der Waals surface area contributed by atoms with Gasteiger partial charge in [-0.3, -0.25) is 9.78 Å². The third kappa shape index (κ3) is 4.53. The standard InChI is InChI=1S/C18H17N3OS/c22-17-16(7-6-14-8-10-19-11-9-14)12-20-18(21-17)23-13-15-4-2-1-3-5-15/h1-5,8-12H,6-7,13H2,(H,20,21,22). The topological polar surface area (TPSA) is 58.6 Å². The highest BCUT2D eigenvalue weighted by molar-refractivity contribution is 7.98. The second-order valence-corrected chi connectivity index (χ2v) is 6.14. The summed E-state index contributed by atoms with van der Waals surface area (Å²) in [6.45, 7) is 0. The molecule has 0 unspecified atom stereocenters. The normalized spacial score (nSPS) is 10.6. The van der Waals surface area contributed by atoms with Crippen LogP contribution >= 0.6 is 11.8 Å². The molecule has 4 nitrogen and oxygen atoms in total. The lowest BCUT2D eigenvalue weighted by molar-refractivity contribution is 0.857. The van der Waals surface area contributed by atoms with Crippen molar-refractivity contribution in [2.45, 2.75) is 23.8 Å². The van der Waals surface area contributed by atoms with Crippen molar-refractivity contribution in [3.05, 3.63) is 88.1 Å². The second kappa shape index (κ2) is 7.74. The number of nitrogens with one attached hydrogen (secondary N) is 1. The van der Waals surface area contributed by atoms with E-state index in [0.29, 0.717) is 17.1 Å². The number of aryl methyl sites for hydroxylation is 2. The molecule has 2 heterocycles. The predicted molar refractivity (Wildman–Crippen MR) is 92.5 cm³/mol. The molecule has 0 atom stereocenters. The Hall–Kier alpha value is -2.40. The van der Waals surface area contributed by atoms with Gasteiger partial charge in [0.05, 0.1) is 0 Å². The van der Waals surface area contributed by atoms with E-state index in [0.717, 1.165) is 12.2 Å². The van der Waals surface area contributed by atoms with Gasteiger partial charge < -0.3 is 4.98 Å². The highest BCUT2D eigenvalue weighted by Crippen LogP contribution is 2.17. The van der Waals surface area contributed by atoms with Crippen LogP contribution in [0.15, 0.2) is 71.0 Å². The number of aromatic nitrogens is 3. The fourth-order valence-corrected chi connectivity index (χ4v) is 3.00. The molecule has 0 spiro atoms. The zero-order chi connectivity index (χ0) is 15.9. The number of H-pyrrole nitrogens is 1. The quantitative estimate of drug-likeness (QED) is 0.559. The Balaban J connectivity index is 1.60. The SMILES string of the molecule is O=c1[nH]c(SCc2ccccc2)ncc1CCc1ccncc1. The fourth-order valence-electron chi connectivity index (χ4n) is 2.21. The maximum Gasteiger partial charge on any atom is 0.254 e. The molecule has 2 aromatic heterocycles. The van der Waals surface area contributed by atoms with Crippen LogP contribution in [0.25, 0.3) is 0 Å². The third-order valence-electron chi connectivity index (χ3n) is 3.50. The molecule has 1 aromatic carbocycles. The Labute approximate surface area is 139 Å². The monoisotopic (exact) mass is 323 g/mol. The van der Waals surface area contributed by atoms with E-state index >= 15 is 0 Å². The molecule has 0 amide bonds. The summed E-state index contributed by atoms with van der Waals surface area (Å²) in [4.78, 5) is 23.4. The van der Waals surface area contributed by atoms with Gasteiger partial charge in [0, 0.05) is 29.9 Å². The molecule has 3 rings (SSSR count). The zero-order valence-electron chi connectivity index (χ0n) is 12.6. The lowest BCUT2D eigenvalue weighted by Gasteiger charge is -2.04. The molecular formula is C18H17N3OS. The smallest absolute Gasteiger partial charge is 0.254 e. The second-order valence-electron chi connectivity index (χ2n) is 5.17. The molecule has 5 heteroatoms. The minimum atomic E-state index is -0.0513. The molecule has 0 aliphatic carbocycles. The lowest BCUT2D eigenvalue weighted by Crippen LogP contribution is -2.15. The molecule has 0 saturated carbocycles. The van der Waals surface area contributed by atoms with Crippen LogP contribution in [-0.4, -0.2) is 15.0 Å². The van der Waals surface area contributed by atoms with Crippen molar-refractivity contribution in [2.24, 2.45) is 0 Å². The number of hydrogen-bond donors (Lipinski definition) is 1. The summed E-state index contributed by atoms with van der Waals surface area (Å²) >= 11 is 1.54. The predicted octanol–water partition coefficient (Wildman–Crippen LogP) is 3.24. The summed E-state index contributed by atoms with van der Waals surface area (Å²) in [5.41, 5.74) is 3.04. The molecule has 0 radical (unpaired) electrons. The van der Waals surface area contributed by atoms with Crippen molar-refractivity contribution in [1.82, 2.24) is 15.0 Å². The first-order chi connectivity index (χ1) is 11.3. The fraction of sp³-hybridized carbons (Fsp3) is 0.167. The number of rotatable bonds is 6. The van der Waals surface area contributed by atoms with Gasteiger partial charge in [0.25, 0.3) is 5.56 Å². The Bertz CT molecular complexity index is 803. The number of aromatic amines is 1. The van der Waals surface area contributed by atoms with E-state index in [4.69, 9.17) is 0 Å². The Kier molecular flexibility index (Phi) is 5.21. The first kappa shape index (κ1) is 15.5. The van der Waals surface area contributed by atoms with Crippen molar-refractivity contribution >= 4 is 11.8 Å². The number of nitrogens with zero attached hydrogens (tertiary/aromatic N) is 2. The molecule has 0 bridgehead atoms. The van der Waals surface area contributed by atoms with Gasteiger partial charge in [-0.1, -0.05) is 42.1 Å². The average Bonchev–Trinajstić information content (AvgIpc) is 2.61. The molecule has 0 aliphatic rings. The van der Waals surface area contributed by atoms with Crippen molar-refractivity contribution < 1.29 is 0 Å². The number of hydrogen-bond acceptors (Lipinski definition) is 4. The molecule has 0 aliphatic heterocycles. The molecule has 116 valence electrons. The van der Waals surface area contributed by atoms with Gasteiger partial charge >= 0.3 is 0 Å². The Morgan fingerprint density at radius 3 is 2.48 bits per heavy atom. The molecular weight excluding hydrogens is 306 g/mol. The molecule has 0 saturated heterocycles. The van der Waals surface area contributed by atoms with Crippen LogP contribution in [0.4, 0.5) is 0 Å². The average molecular weight is 323 g/mol. The van der Waals surface area contributed by atoms with Crippen LogP contribution in [0.2, 0.25) is 0 Å². The largest absolute Gasteiger partial charge is 0.301 e. The van der Waals surface area contributed by atoms with Crippen molar-refractivity contribution in [3.63, 3.8) is 0 Å². The van der Waals surface area contributed by atoms with Crippen LogP contribution < -0.4 is 5.56 Å². The summed E-state index contributed by atoms with van der Waals surface area (Å²) in [5.74, 6) is 0.792. The van der Waals surface area contributed by atoms with Crippen molar-refractivity contribution in [3.8, 4) is 0 Å². The van der Waals surface area contributed by atoms with Gasteiger partial charge in [0.2, 0.25) is 0 Å². The van der Waals surface area contributed by atoms with E-state index in [1.807, 2.05) is 30.3 Å². The van der Waals surface area contributed by atoms with Gasteiger partial charge in [0.15, 0.2) is 5.16 Å². The van der Waals surface area contributed by atoms with Crippen LogP contribution in [0.3, 0.4) is 0 Å². The highest BCUT2D eigenvalue weighted by atomic mass is 32.2. The summed E-state index contributed by atoms with van der Waals surface area (Å²) in [5, 5.41) is 0.659. The first-order valence-corrected chi connectivity index (χ1v) is 8.43.